The van der Waals surface area contributed by atoms with Crippen LogP contribution in [0.3, 0.4) is 0 Å². The Morgan fingerprint density at radius 2 is 1.74 bits per heavy atom. The number of benzene rings is 1. The monoisotopic (exact) mass is 260 g/mol. The number of carbonyl (C=O) groups is 2. The van der Waals surface area contributed by atoms with E-state index in [9.17, 15) is 9.59 Å². The van der Waals surface area contributed by atoms with Gasteiger partial charge in [0.2, 0.25) is 5.91 Å². The molecular formula is C15H20N2O2. The van der Waals surface area contributed by atoms with Crippen LogP contribution >= 0.6 is 0 Å². The molecule has 2 rings (SSSR count). The third kappa shape index (κ3) is 2.78. The predicted octanol–water partition coefficient (Wildman–Crippen LogP) is 2.25. The second-order valence-electron chi connectivity index (χ2n) is 5.47. The summed E-state index contributed by atoms with van der Waals surface area (Å²) in [7, 11) is 0. The smallest absolute Gasteiger partial charge is 0.252 e. The Bertz CT molecular complexity index is 503. The normalized spacial score (nSPS) is 19.4. The molecule has 102 valence electrons. The van der Waals surface area contributed by atoms with Crippen LogP contribution in [0, 0.1) is 13.8 Å². The highest BCUT2D eigenvalue weighted by Crippen LogP contribution is 2.21. The van der Waals surface area contributed by atoms with E-state index in [0.29, 0.717) is 0 Å². The molecule has 0 saturated carbocycles. The summed E-state index contributed by atoms with van der Waals surface area (Å²) in [5, 5.41) is 3.18. The van der Waals surface area contributed by atoms with Crippen molar-refractivity contribution >= 4 is 17.5 Å². The molecule has 0 aliphatic carbocycles. The fraction of sp³-hybridized carbons (Fsp3) is 0.467. The Morgan fingerprint density at radius 1 is 1.16 bits per heavy atom. The van der Waals surface area contributed by atoms with Crippen LogP contribution in [0.4, 0.5) is 5.69 Å². The molecule has 4 heteroatoms. The van der Waals surface area contributed by atoms with Crippen LogP contribution in [-0.4, -0.2) is 28.8 Å². The lowest BCUT2D eigenvalue weighted by molar-refractivity contribution is -0.140. The molecule has 1 fully saturated rings. The van der Waals surface area contributed by atoms with Crippen LogP contribution < -0.4 is 5.32 Å². The minimum Gasteiger partial charge on any atom is -0.373 e. The largest absolute Gasteiger partial charge is 0.373 e. The summed E-state index contributed by atoms with van der Waals surface area (Å²) in [5.74, 6) is -0.221. The van der Waals surface area contributed by atoms with Gasteiger partial charge in [-0.25, -0.2) is 0 Å². The van der Waals surface area contributed by atoms with Gasteiger partial charge in [0.15, 0.2) is 0 Å². The molecule has 1 heterocycles. The van der Waals surface area contributed by atoms with Crippen molar-refractivity contribution in [3.8, 4) is 0 Å². The number of hydrogen-bond donors (Lipinski definition) is 1. The molecule has 4 nitrogen and oxygen atoms in total. The first kappa shape index (κ1) is 13.6. The number of carbonyl (C=O) groups excluding carboxylic acids is 2. The van der Waals surface area contributed by atoms with Gasteiger partial charge >= 0.3 is 0 Å². The van der Waals surface area contributed by atoms with Crippen LogP contribution in [0.1, 0.15) is 31.4 Å². The van der Waals surface area contributed by atoms with Crippen LogP contribution in [-0.2, 0) is 9.59 Å². The number of nitrogens with one attached hydrogen (secondary N) is 1. The standard InChI is InChI=1S/C15H20N2O2/c1-9(2)17-14(18)8-13(15(17)19)16-12-6-10(3)5-11(4)7-12/h5-7,9,13,16H,8H2,1-4H3. The fourth-order valence-electron chi connectivity index (χ4n) is 2.57. The van der Waals surface area contributed by atoms with Crippen LogP contribution in [0.2, 0.25) is 0 Å². The number of hydrogen-bond acceptors (Lipinski definition) is 3. The fourth-order valence-corrected chi connectivity index (χ4v) is 2.57. The van der Waals surface area contributed by atoms with Gasteiger partial charge in [0.05, 0.1) is 6.42 Å². The number of amides is 2. The van der Waals surface area contributed by atoms with E-state index >= 15 is 0 Å². The first-order valence-corrected chi connectivity index (χ1v) is 6.59. The van der Waals surface area contributed by atoms with Crippen molar-refractivity contribution in [1.29, 1.82) is 0 Å². The second kappa shape index (κ2) is 5.03. The topological polar surface area (TPSA) is 49.4 Å². The number of aryl methyl sites for hydroxylation is 2. The molecule has 1 N–H and O–H groups in total. The Kier molecular flexibility index (Phi) is 3.60. The molecule has 2 amide bonds. The van der Waals surface area contributed by atoms with Crippen LogP contribution in [0.15, 0.2) is 18.2 Å². The molecule has 1 aromatic rings. The van der Waals surface area contributed by atoms with Gasteiger partial charge in [-0.1, -0.05) is 6.07 Å². The van der Waals surface area contributed by atoms with E-state index in [0.717, 1.165) is 16.8 Å². The van der Waals surface area contributed by atoms with Crippen LogP contribution in [0.25, 0.3) is 0 Å². The summed E-state index contributed by atoms with van der Waals surface area (Å²) in [4.78, 5) is 25.3. The van der Waals surface area contributed by atoms with Gasteiger partial charge in [0, 0.05) is 11.7 Å². The number of anilines is 1. The molecule has 19 heavy (non-hydrogen) atoms. The zero-order valence-electron chi connectivity index (χ0n) is 11.9. The lowest BCUT2D eigenvalue weighted by Gasteiger charge is -2.19. The molecule has 1 unspecified atom stereocenters. The molecule has 0 aromatic heterocycles. The Balaban J connectivity index is 2.16. The lowest BCUT2D eigenvalue weighted by Crippen LogP contribution is -2.39. The molecule has 0 spiro atoms. The van der Waals surface area contributed by atoms with Gasteiger partial charge < -0.3 is 5.32 Å². The molecule has 1 aliphatic rings. The van der Waals surface area contributed by atoms with Gasteiger partial charge in [-0.05, 0) is 51.0 Å². The van der Waals surface area contributed by atoms with Gasteiger partial charge in [-0.15, -0.1) is 0 Å². The zero-order chi connectivity index (χ0) is 14.2. The third-order valence-electron chi connectivity index (χ3n) is 3.26. The maximum Gasteiger partial charge on any atom is 0.252 e. The molecule has 0 radical (unpaired) electrons. The Labute approximate surface area is 113 Å². The molecule has 1 aromatic carbocycles. The summed E-state index contributed by atoms with van der Waals surface area (Å²) in [6.07, 6.45) is 0.240. The minimum absolute atomic E-state index is 0.0777. The third-order valence-corrected chi connectivity index (χ3v) is 3.26. The summed E-state index contributed by atoms with van der Waals surface area (Å²) < 4.78 is 0. The number of likely N-dealkylation sites (tertiary alicyclic amines) is 1. The first-order chi connectivity index (χ1) is 8.88. The highest BCUT2D eigenvalue weighted by atomic mass is 16.2. The summed E-state index contributed by atoms with van der Waals surface area (Å²) in [5.41, 5.74) is 3.18. The summed E-state index contributed by atoms with van der Waals surface area (Å²) in [6, 6.07) is 5.54. The van der Waals surface area contributed by atoms with E-state index in [1.165, 1.54) is 4.90 Å². The zero-order valence-corrected chi connectivity index (χ0v) is 11.9. The molecule has 1 atom stereocenters. The van der Waals surface area contributed by atoms with Crippen molar-refractivity contribution in [3.05, 3.63) is 29.3 Å². The maximum absolute atomic E-state index is 12.2. The van der Waals surface area contributed by atoms with Gasteiger partial charge in [0.1, 0.15) is 6.04 Å². The van der Waals surface area contributed by atoms with E-state index in [2.05, 4.69) is 11.4 Å². The molecular weight excluding hydrogens is 240 g/mol. The quantitative estimate of drug-likeness (QED) is 0.848. The van der Waals surface area contributed by atoms with Crippen LogP contribution in [0.5, 0.6) is 0 Å². The number of rotatable bonds is 3. The van der Waals surface area contributed by atoms with Crippen molar-refractivity contribution in [1.82, 2.24) is 4.90 Å². The second-order valence-corrected chi connectivity index (χ2v) is 5.47. The Morgan fingerprint density at radius 3 is 2.21 bits per heavy atom. The van der Waals surface area contributed by atoms with Gasteiger partial charge in [-0.2, -0.15) is 0 Å². The van der Waals surface area contributed by atoms with E-state index in [-0.39, 0.29) is 24.3 Å². The van der Waals surface area contributed by atoms with Crippen molar-refractivity contribution in [3.63, 3.8) is 0 Å². The van der Waals surface area contributed by atoms with Crippen molar-refractivity contribution in [2.45, 2.75) is 46.2 Å². The van der Waals surface area contributed by atoms with Crippen molar-refractivity contribution in [2.75, 3.05) is 5.32 Å². The lowest BCUT2D eigenvalue weighted by atomic mass is 10.1. The maximum atomic E-state index is 12.2. The number of imide groups is 1. The van der Waals surface area contributed by atoms with E-state index < -0.39 is 6.04 Å². The van der Waals surface area contributed by atoms with Gasteiger partial charge in [0.25, 0.3) is 5.91 Å². The molecule has 1 saturated heterocycles. The number of nitrogens with zero attached hydrogens (tertiary/aromatic N) is 1. The van der Waals surface area contributed by atoms with E-state index in [1.54, 1.807) is 0 Å². The molecule has 0 bridgehead atoms. The Hall–Kier alpha value is -1.84. The minimum atomic E-state index is -0.434. The van der Waals surface area contributed by atoms with E-state index in [4.69, 9.17) is 0 Å². The van der Waals surface area contributed by atoms with Gasteiger partial charge in [-0.3, -0.25) is 14.5 Å². The highest BCUT2D eigenvalue weighted by molar-refractivity contribution is 6.07. The SMILES string of the molecule is Cc1cc(C)cc(NC2CC(=O)N(C(C)C)C2=O)c1. The molecule has 1 aliphatic heterocycles. The van der Waals surface area contributed by atoms with Crippen molar-refractivity contribution in [2.24, 2.45) is 0 Å². The van der Waals surface area contributed by atoms with Crippen molar-refractivity contribution < 1.29 is 9.59 Å². The predicted molar refractivity (Wildman–Crippen MR) is 74.9 cm³/mol. The first-order valence-electron chi connectivity index (χ1n) is 6.59. The average molecular weight is 260 g/mol. The summed E-state index contributed by atoms with van der Waals surface area (Å²) >= 11 is 0. The summed E-state index contributed by atoms with van der Waals surface area (Å²) in [6.45, 7) is 7.74. The van der Waals surface area contributed by atoms with E-state index in [1.807, 2.05) is 39.8 Å². The average Bonchev–Trinajstić information content (AvgIpc) is 2.52. The highest BCUT2D eigenvalue weighted by Gasteiger charge is 2.39.